The van der Waals surface area contributed by atoms with Crippen molar-refractivity contribution in [3.8, 4) is 17.2 Å². The first-order valence-corrected chi connectivity index (χ1v) is 11.2. The number of nitrogen functional groups attached to an aromatic ring is 1. The summed E-state index contributed by atoms with van der Waals surface area (Å²) in [6.45, 7) is 0. The molecular weight excluding hydrogens is 514 g/mol. The van der Waals surface area contributed by atoms with E-state index in [2.05, 4.69) is 42.0 Å². The number of nitrogens with one attached hydrogen (secondary N) is 2. The number of carbonyl (C=O) groups excluding carboxylic acids is 1. The van der Waals surface area contributed by atoms with Gasteiger partial charge in [-0.25, -0.2) is 10.1 Å². The molecule has 0 atom stereocenters. The van der Waals surface area contributed by atoms with E-state index in [0.717, 1.165) is 21.8 Å². The SMILES string of the molecule is COc1cc(NC(=O)CSc2nnc(N/N=C/c3cc(Br)ccc3OC)n2N)cc(OC)c1. The molecule has 0 radical (unpaired) electrons. The van der Waals surface area contributed by atoms with E-state index >= 15 is 0 Å². The number of rotatable bonds is 10. The molecule has 0 spiro atoms. The summed E-state index contributed by atoms with van der Waals surface area (Å²) >= 11 is 4.53. The minimum Gasteiger partial charge on any atom is -0.497 e. The molecule has 0 saturated heterocycles. The van der Waals surface area contributed by atoms with Crippen LogP contribution in [0, 0.1) is 0 Å². The molecule has 0 aliphatic carbocycles. The Hall–Kier alpha value is -3.45. The molecule has 0 unspecified atom stereocenters. The van der Waals surface area contributed by atoms with Gasteiger partial charge in [0.15, 0.2) is 0 Å². The maximum absolute atomic E-state index is 12.4. The highest BCUT2D eigenvalue weighted by atomic mass is 79.9. The number of hydrogen-bond donors (Lipinski definition) is 3. The third-order valence-corrected chi connectivity index (χ3v) is 5.63. The van der Waals surface area contributed by atoms with E-state index in [-0.39, 0.29) is 17.6 Å². The van der Waals surface area contributed by atoms with Crippen molar-refractivity contribution in [1.29, 1.82) is 0 Å². The van der Waals surface area contributed by atoms with E-state index in [1.165, 1.54) is 18.9 Å². The van der Waals surface area contributed by atoms with Crippen LogP contribution in [0.1, 0.15) is 5.56 Å². The zero-order valence-corrected chi connectivity index (χ0v) is 20.4. The first-order valence-electron chi connectivity index (χ1n) is 9.42. The van der Waals surface area contributed by atoms with Crippen molar-refractivity contribution in [2.24, 2.45) is 5.10 Å². The molecule has 174 valence electrons. The number of anilines is 2. The van der Waals surface area contributed by atoms with E-state index in [1.807, 2.05) is 18.2 Å². The van der Waals surface area contributed by atoms with Crippen LogP contribution in [-0.2, 0) is 4.79 Å². The predicted molar refractivity (Wildman–Crippen MR) is 131 cm³/mol. The second kappa shape index (κ2) is 11.4. The number of hydrogen-bond acceptors (Lipinski definition) is 10. The maximum Gasteiger partial charge on any atom is 0.264 e. The van der Waals surface area contributed by atoms with Crippen molar-refractivity contribution in [3.05, 3.63) is 46.4 Å². The van der Waals surface area contributed by atoms with Gasteiger partial charge in [0.1, 0.15) is 17.2 Å². The quantitative estimate of drug-likeness (QED) is 0.155. The van der Waals surface area contributed by atoms with Crippen LogP contribution < -0.4 is 30.8 Å². The normalized spacial score (nSPS) is 10.8. The number of methoxy groups -OCH3 is 3. The van der Waals surface area contributed by atoms with Crippen LogP contribution in [0.3, 0.4) is 0 Å². The molecule has 4 N–H and O–H groups in total. The molecule has 33 heavy (non-hydrogen) atoms. The zero-order chi connectivity index (χ0) is 23.8. The third-order valence-electron chi connectivity index (χ3n) is 4.19. The molecule has 2 aromatic carbocycles. The molecule has 3 rings (SSSR count). The molecule has 0 aliphatic heterocycles. The van der Waals surface area contributed by atoms with Gasteiger partial charge in [-0.1, -0.05) is 27.7 Å². The first-order chi connectivity index (χ1) is 15.9. The Morgan fingerprint density at radius 1 is 1.15 bits per heavy atom. The number of nitrogens with two attached hydrogens (primary N) is 1. The number of benzene rings is 2. The molecule has 3 aromatic rings. The maximum atomic E-state index is 12.4. The fraction of sp³-hybridized carbons (Fsp3) is 0.200. The number of hydrazone groups is 1. The Kier molecular flexibility index (Phi) is 8.38. The molecule has 0 aliphatic rings. The Morgan fingerprint density at radius 3 is 2.55 bits per heavy atom. The smallest absolute Gasteiger partial charge is 0.264 e. The Balaban J connectivity index is 1.58. The fourth-order valence-corrected chi connectivity index (χ4v) is 3.66. The van der Waals surface area contributed by atoms with Gasteiger partial charge in [-0.2, -0.15) is 5.10 Å². The van der Waals surface area contributed by atoms with E-state index in [1.54, 1.807) is 31.5 Å². The molecule has 1 amide bonds. The van der Waals surface area contributed by atoms with Crippen molar-refractivity contribution in [3.63, 3.8) is 0 Å². The second-order valence-electron chi connectivity index (χ2n) is 6.37. The van der Waals surface area contributed by atoms with Gasteiger partial charge in [0.2, 0.25) is 11.1 Å². The minimum absolute atomic E-state index is 0.0629. The second-order valence-corrected chi connectivity index (χ2v) is 8.23. The molecule has 0 fully saturated rings. The summed E-state index contributed by atoms with van der Waals surface area (Å²) in [6, 6.07) is 10.6. The lowest BCUT2D eigenvalue weighted by molar-refractivity contribution is -0.113. The van der Waals surface area contributed by atoms with Crippen LogP contribution in [0.15, 0.2) is 51.1 Å². The molecule has 0 bridgehead atoms. The van der Waals surface area contributed by atoms with Gasteiger partial charge < -0.3 is 25.4 Å². The summed E-state index contributed by atoms with van der Waals surface area (Å²) in [5, 5.41) is 15.2. The van der Waals surface area contributed by atoms with Crippen molar-refractivity contribution < 1.29 is 19.0 Å². The monoisotopic (exact) mass is 535 g/mol. The van der Waals surface area contributed by atoms with Crippen molar-refractivity contribution in [2.45, 2.75) is 5.16 Å². The summed E-state index contributed by atoms with van der Waals surface area (Å²) in [4.78, 5) is 12.4. The van der Waals surface area contributed by atoms with E-state index in [9.17, 15) is 4.79 Å². The Labute approximate surface area is 202 Å². The summed E-state index contributed by atoms with van der Waals surface area (Å²) in [5.41, 5.74) is 4.03. The average molecular weight is 536 g/mol. The molecule has 11 nitrogen and oxygen atoms in total. The first kappa shape index (κ1) is 24.2. The van der Waals surface area contributed by atoms with Gasteiger partial charge in [0, 0.05) is 33.9 Å². The highest BCUT2D eigenvalue weighted by Crippen LogP contribution is 2.26. The predicted octanol–water partition coefficient (Wildman–Crippen LogP) is 2.96. The van der Waals surface area contributed by atoms with Crippen molar-refractivity contribution in [2.75, 3.05) is 43.7 Å². The van der Waals surface area contributed by atoms with E-state index in [4.69, 9.17) is 20.1 Å². The topological polar surface area (TPSA) is 138 Å². The van der Waals surface area contributed by atoms with Gasteiger partial charge in [0.05, 0.1) is 33.3 Å². The van der Waals surface area contributed by atoms with Crippen LogP contribution in [0.5, 0.6) is 17.2 Å². The largest absolute Gasteiger partial charge is 0.497 e. The molecule has 1 heterocycles. The number of aromatic nitrogens is 3. The fourth-order valence-electron chi connectivity index (χ4n) is 2.62. The Bertz CT molecular complexity index is 1130. The third kappa shape index (κ3) is 6.52. The molecule has 1 aromatic heterocycles. The summed E-state index contributed by atoms with van der Waals surface area (Å²) in [7, 11) is 4.65. The zero-order valence-electron chi connectivity index (χ0n) is 18.0. The lowest BCUT2D eigenvalue weighted by atomic mass is 10.2. The number of nitrogens with zero attached hydrogens (tertiary/aromatic N) is 4. The molecule has 13 heteroatoms. The highest BCUT2D eigenvalue weighted by molar-refractivity contribution is 9.10. The number of carbonyl (C=O) groups is 1. The summed E-state index contributed by atoms with van der Waals surface area (Å²) in [6.07, 6.45) is 1.57. The number of halogens is 1. The van der Waals surface area contributed by atoms with Crippen LogP contribution >= 0.6 is 27.7 Å². The lowest BCUT2D eigenvalue weighted by Gasteiger charge is -2.09. The lowest BCUT2D eigenvalue weighted by Crippen LogP contribution is -2.17. The van der Waals surface area contributed by atoms with Gasteiger partial charge in [-0.3, -0.25) is 4.79 Å². The van der Waals surface area contributed by atoms with Crippen LogP contribution in [0.2, 0.25) is 0 Å². The highest BCUT2D eigenvalue weighted by Gasteiger charge is 2.13. The minimum atomic E-state index is -0.257. The Morgan fingerprint density at radius 2 is 1.88 bits per heavy atom. The summed E-state index contributed by atoms with van der Waals surface area (Å²) < 4.78 is 17.8. The van der Waals surface area contributed by atoms with Gasteiger partial charge in [0.25, 0.3) is 5.95 Å². The van der Waals surface area contributed by atoms with Crippen LogP contribution in [-0.4, -0.2) is 54.1 Å². The number of ether oxygens (including phenoxy) is 3. The van der Waals surface area contributed by atoms with Crippen LogP contribution in [0.25, 0.3) is 0 Å². The summed E-state index contributed by atoms with van der Waals surface area (Å²) in [5.74, 6) is 7.82. The molecule has 0 saturated carbocycles. The van der Waals surface area contributed by atoms with Crippen LogP contribution in [0.4, 0.5) is 11.6 Å². The van der Waals surface area contributed by atoms with Crippen molar-refractivity contribution >= 4 is 51.4 Å². The van der Waals surface area contributed by atoms with Gasteiger partial charge >= 0.3 is 0 Å². The number of amides is 1. The average Bonchev–Trinajstić information content (AvgIpc) is 3.16. The van der Waals surface area contributed by atoms with E-state index in [0.29, 0.717) is 28.1 Å². The number of thioether (sulfide) groups is 1. The standard InChI is InChI=1S/C20H22BrN7O4S/c1-30-15-7-14(8-16(9-15)31-2)24-18(29)11-33-20-27-26-19(28(20)22)25-23-10-12-6-13(21)4-5-17(12)32-3/h4-10H,11,22H2,1-3H3,(H,24,29)(H,25,26)/b23-10+. The van der Waals surface area contributed by atoms with Gasteiger partial charge in [-0.15, -0.1) is 10.2 Å². The van der Waals surface area contributed by atoms with Gasteiger partial charge in [-0.05, 0) is 18.2 Å². The van der Waals surface area contributed by atoms with Crippen molar-refractivity contribution in [1.82, 2.24) is 14.9 Å². The molecular formula is C20H22BrN7O4S. The van der Waals surface area contributed by atoms with E-state index < -0.39 is 0 Å².